The molecule has 1 amide bonds. The van der Waals surface area contributed by atoms with Gasteiger partial charge in [0, 0.05) is 25.8 Å². The van der Waals surface area contributed by atoms with E-state index >= 15 is 0 Å². The van der Waals surface area contributed by atoms with Crippen molar-refractivity contribution in [3.05, 3.63) is 24.3 Å². The number of carbonyl (C=O) groups is 1. The number of rotatable bonds is 6. The fraction of sp³-hybridized carbons (Fsp3) is 0.533. The summed E-state index contributed by atoms with van der Waals surface area (Å²) in [6.07, 6.45) is 1.94. The molecule has 24 heavy (non-hydrogen) atoms. The maximum atomic E-state index is 12.0. The lowest BCUT2D eigenvalue weighted by Crippen LogP contribution is -2.43. The van der Waals surface area contributed by atoms with E-state index in [1.54, 1.807) is 17.0 Å². The summed E-state index contributed by atoms with van der Waals surface area (Å²) in [6.45, 7) is 0.847. The van der Waals surface area contributed by atoms with Crippen molar-refractivity contribution < 1.29 is 26.4 Å². The van der Waals surface area contributed by atoms with Crippen molar-refractivity contribution in [1.29, 1.82) is 0 Å². The summed E-state index contributed by atoms with van der Waals surface area (Å²) in [6, 6.07) is 6.11. The topological polar surface area (TPSA) is 97.8 Å². The zero-order valence-electron chi connectivity index (χ0n) is 13.5. The highest BCUT2D eigenvalue weighted by Crippen LogP contribution is 2.16. The van der Waals surface area contributed by atoms with Gasteiger partial charge >= 0.3 is 0 Å². The van der Waals surface area contributed by atoms with E-state index in [0.717, 1.165) is 6.26 Å². The van der Waals surface area contributed by atoms with Gasteiger partial charge in [0.1, 0.15) is 5.75 Å². The van der Waals surface area contributed by atoms with Crippen LogP contribution in [0, 0.1) is 0 Å². The summed E-state index contributed by atoms with van der Waals surface area (Å²) in [5.41, 5.74) is 0. The van der Waals surface area contributed by atoms with Crippen LogP contribution in [0.5, 0.6) is 5.75 Å². The summed E-state index contributed by atoms with van der Waals surface area (Å²) < 4.78 is 50.8. The number of ether oxygens (including phenoxy) is 1. The number of carbonyl (C=O) groups excluding carboxylic acids is 1. The highest BCUT2D eigenvalue weighted by molar-refractivity contribution is 7.91. The first-order valence-electron chi connectivity index (χ1n) is 7.58. The first kappa shape index (κ1) is 18.7. The Kier molecular flexibility index (Phi) is 5.87. The Morgan fingerprint density at radius 3 is 2.29 bits per heavy atom. The molecule has 2 rings (SSSR count). The zero-order valence-corrected chi connectivity index (χ0v) is 15.1. The minimum atomic E-state index is -3.23. The van der Waals surface area contributed by atoms with E-state index in [4.69, 9.17) is 4.74 Å². The van der Waals surface area contributed by atoms with Gasteiger partial charge in [-0.15, -0.1) is 0 Å². The molecule has 1 aliphatic rings. The molecule has 1 aromatic carbocycles. The second-order valence-corrected chi connectivity index (χ2v) is 10.0. The smallest absolute Gasteiger partial charge is 0.222 e. The zero-order chi connectivity index (χ0) is 17.8. The largest absolute Gasteiger partial charge is 0.494 e. The first-order chi connectivity index (χ1) is 11.2. The second-order valence-electron chi connectivity index (χ2n) is 5.73. The van der Waals surface area contributed by atoms with Crippen LogP contribution in [0.4, 0.5) is 0 Å². The van der Waals surface area contributed by atoms with Crippen LogP contribution in [0.3, 0.4) is 0 Å². The van der Waals surface area contributed by atoms with Crippen molar-refractivity contribution in [2.75, 3.05) is 37.5 Å². The molecular weight excluding hydrogens is 354 g/mol. The SMILES string of the molecule is CS(=O)(=O)c1ccc(OCCCC(=O)N2CCS(=O)(=O)CC2)cc1. The first-order valence-corrected chi connectivity index (χ1v) is 11.3. The predicted molar refractivity (Wildman–Crippen MR) is 89.5 cm³/mol. The van der Waals surface area contributed by atoms with Gasteiger partial charge in [0.15, 0.2) is 19.7 Å². The molecule has 0 aliphatic carbocycles. The van der Waals surface area contributed by atoms with E-state index in [-0.39, 0.29) is 35.4 Å². The Morgan fingerprint density at radius 1 is 1.17 bits per heavy atom. The average molecular weight is 375 g/mol. The van der Waals surface area contributed by atoms with Crippen molar-refractivity contribution in [3.63, 3.8) is 0 Å². The third-order valence-corrected chi connectivity index (χ3v) is 6.49. The number of hydrogen-bond acceptors (Lipinski definition) is 6. The van der Waals surface area contributed by atoms with Crippen molar-refractivity contribution >= 4 is 25.6 Å². The summed E-state index contributed by atoms with van der Waals surface area (Å²) in [5.74, 6) is 0.531. The molecule has 0 aromatic heterocycles. The van der Waals surface area contributed by atoms with Gasteiger partial charge in [0.25, 0.3) is 0 Å². The number of hydrogen-bond donors (Lipinski definition) is 0. The molecular formula is C15H21NO6S2. The van der Waals surface area contributed by atoms with Crippen molar-refractivity contribution in [2.45, 2.75) is 17.7 Å². The van der Waals surface area contributed by atoms with Gasteiger partial charge in [0.05, 0.1) is 23.0 Å². The van der Waals surface area contributed by atoms with Gasteiger partial charge in [-0.3, -0.25) is 4.79 Å². The quantitative estimate of drug-likeness (QED) is 0.672. The number of amides is 1. The van der Waals surface area contributed by atoms with Gasteiger partial charge in [-0.1, -0.05) is 0 Å². The monoisotopic (exact) mass is 375 g/mol. The minimum absolute atomic E-state index is 0.0297. The molecule has 1 aromatic rings. The average Bonchev–Trinajstić information content (AvgIpc) is 2.51. The summed E-state index contributed by atoms with van der Waals surface area (Å²) in [7, 11) is -6.21. The Balaban J connectivity index is 1.72. The molecule has 9 heteroatoms. The van der Waals surface area contributed by atoms with Crippen molar-refractivity contribution in [3.8, 4) is 5.75 Å². The molecule has 0 saturated carbocycles. The van der Waals surface area contributed by atoms with E-state index < -0.39 is 19.7 Å². The van der Waals surface area contributed by atoms with E-state index in [1.165, 1.54) is 12.1 Å². The highest BCUT2D eigenvalue weighted by Gasteiger charge is 2.24. The normalized spacial score (nSPS) is 17.5. The molecule has 0 bridgehead atoms. The summed E-state index contributed by atoms with van der Waals surface area (Å²) in [5, 5.41) is 0. The molecule has 1 heterocycles. The molecule has 1 fully saturated rings. The van der Waals surface area contributed by atoms with E-state index in [0.29, 0.717) is 25.2 Å². The number of sulfone groups is 2. The highest BCUT2D eigenvalue weighted by atomic mass is 32.2. The Morgan fingerprint density at radius 2 is 1.75 bits per heavy atom. The van der Waals surface area contributed by atoms with Crippen LogP contribution in [0.25, 0.3) is 0 Å². The van der Waals surface area contributed by atoms with Crippen LogP contribution >= 0.6 is 0 Å². The lowest BCUT2D eigenvalue weighted by molar-refractivity contribution is -0.131. The molecule has 1 aliphatic heterocycles. The van der Waals surface area contributed by atoms with Crippen LogP contribution in [-0.2, 0) is 24.5 Å². The van der Waals surface area contributed by atoms with Gasteiger partial charge in [-0.2, -0.15) is 0 Å². The summed E-state index contributed by atoms with van der Waals surface area (Å²) >= 11 is 0. The lowest BCUT2D eigenvalue weighted by atomic mass is 10.3. The van der Waals surface area contributed by atoms with Crippen LogP contribution in [0.1, 0.15) is 12.8 Å². The van der Waals surface area contributed by atoms with Gasteiger partial charge in [-0.05, 0) is 30.7 Å². The predicted octanol–water partition coefficient (Wildman–Crippen LogP) is 0.506. The third-order valence-electron chi connectivity index (χ3n) is 3.75. The number of nitrogens with zero attached hydrogens (tertiary/aromatic N) is 1. The summed E-state index contributed by atoms with van der Waals surface area (Å²) in [4.78, 5) is 13.8. The maximum absolute atomic E-state index is 12.0. The molecule has 0 N–H and O–H groups in total. The van der Waals surface area contributed by atoms with Crippen LogP contribution in [-0.4, -0.2) is 65.1 Å². The fourth-order valence-corrected chi connectivity index (χ4v) is 4.15. The maximum Gasteiger partial charge on any atom is 0.222 e. The number of benzene rings is 1. The Labute approximate surface area is 142 Å². The van der Waals surface area contributed by atoms with Crippen LogP contribution in [0.15, 0.2) is 29.2 Å². The molecule has 7 nitrogen and oxygen atoms in total. The van der Waals surface area contributed by atoms with Crippen LogP contribution in [0.2, 0.25) is 0 Å². The fourth-order valence-electron chi connectivity index (χ4n) is 2.32. The minimum Gasteiger partial charge on any atom is -0.494 e. The Bertz CT molecular complexity index is 770. The van der Waals surface area contributed by atoms with Crippen LogP contribution < -0.4 is 4.74 Å². The van der Waals surface area contributed by atoms with E-state index in [1.807, 2.05) is 0 Å². The molecule has 0 unspecified atom stereocenters. The second kappa shape index (κ2) is 7.52. The third kappa shape index (κ3) is 5.48. The molecule has 134 valence electrons. The standard InChI is InChI=1S/C15H21NO6S2/c1-23(18,19)14-6-4-13(5-7-14)22-10-2-3-15(17)16-8-11-24(20,21)12-9-16/h4-7H,2-3,8-12H2,1H3. The lowest BCUT2D eigenvalue weighted by Gasteiger charge is -2.26. The molecule has 1 saturated heterocycles. The van der Waals surface area contributed by atoms with Gasteiger partial charge < -0.3 is 9.64 Å². The molecule has 0 radical (unpaired) electrons. The molecule has 0 spiro atoms. The Hall–Kier alpha value is -1.61. The van der Waals surface area contributed by atoms with Gasteiger partial charge in [-0.25, -0.2) is 16.8 Å². The van der Waals surface area contributed by atoms with Gasteiger partial charge in [0.2, 0.25) is 5.91 Å². The van der Waals surface area contributed by atoms with E-state index in [9.17, 15) is 21.6 Å². The molecule has 0 atom stereocenters. The van der Waals surface area contributed by atoms with Crippen molar-refractivity contribution in [2.24, 2.45) is 0 Å². The van der Waals surface area contributed by atoms with Crippen molar-refractivity contribution in [1.82, 2.24) is 4.90 Å². The van der Waals surface area contributed by atoms with E-state index in [2.05, 4.69) is 0 Å².